The molecular weight excluding hydrogens is 458 g/mol. The summed E-state index contributed by atoms with van der Waals surface area (Å²) in [6.45, 7) is 4.53. The first-order valence-corrected chi connectivity index (χ1v) is 10.6. The number of carbonyl (C=O) groups excluding carboxylic acids is 2. The van der Waals surface area contributed by atoms with Crippen molar-refractivity contribution < 1.29 is 24.2 Å². The van der Waals surface area contributed by atoms with Crippen molar-refractivity contribution in [3.8, 4) is 17.2 Å². The number of rotatable bonds is 7. The molecule has 6 nitrogen and oxygen atoms in total. The van der Waals surface area contributed by atoms with Crippen molar-refractivity contribution in [2.45, 2.75) is 13.8 Å². The molecule has 8 heteroatoms. The van der Waals surface area contributed by atoms with Crippen LogP contribution in [0.25, 0.3) is 6.08 Å². The van der Waals surface area contributed by atoms with Crippen LogP contribution in [0.5, 0.6) is 17.2 Å². The zero-order chi connectivity index (χ0) is 21.0. The molecule has 0 atom stereocenters. The van der Waals surface area contributed by atoms with Crippen LogP contribution in [-0.2, 0) is 4.79 Å². The van der Waals surface area contributed by atoms with Crippen LogP contribution >= 0.6 is 27.7 Å². The van der Waals surface area contributed by atoms with E-state index in [1.807, 2.05) is 38.1 Å². The second kappa shape index (κ2) is 9.37. The number of aromatic hydroxyl groups is 1. The number of phenolic OH excluding ortho intramolecular Hbond substituents is 1. The lowest BCUT2D eigenvalue weighted by molar-refractivity contribution is -0.123. The van der Waals surface area contributed by atoms with E-state index in [2.05, 4.69) is 15.9 Å². The maximum absolute atomic E-state index is 12.6. The molecule has 1 fully saturated rings. The van der Waals surface area contributed by atoms with Gasteiger partial charge in [0, 0.05) is 10.0 Å². The fraction of sp³-hybridized carbons (Fsp3) is 0.238. The van der Waals surface area contributed by atoms with Crippen LogP contribution in [0.4, 0.5) is 4.79 Å². The van der Waals surface area contributed by atoms with Crippen LogP contribution < -0.4 is 9.47 Å². The van der Waals surface area contributed by atoms with Crippen molar-refractivity contribution in [3.63, 3.8) is 0 Å². The van der Waals surface area contributed by atoms with Gasteiger partial charge in [-0.1, -0.05) is 33.6 Å². The number of carbonyl (C=O) groups is 2. The predicted octanol–water partition coefficient (Wildman–Crippen LogP) is 4.98. The van der Waals surface area contributed by atoms with Gasteiger partial charge in [-0.15, -0.1) is 0 Å². The highest BCUT2D eigenvalue weighted by molar-refractivity contribution is 9.10. The summed E-state index contributed by atoms with van der Waals surface area (Å²) in [5, 5.41) is 10.0. The van der Waals surface area contributed by atoms with Gasteiger partial charge in [0.15, 0.2) is 11.5 Å². The van der Waals surface area contributed by atoms with Crippen molar-refractivity contribution in [2.24, 2.45) is 0 Å². The van der Waals surface area contributed by atoms with Crippen LogP contribution in [0, 0.1) is 6.92 Å². The van der Waals surface area contributed by atoms with Crippen molar-refractivity contribution in [2.75, 3.05) is 19.8 Å². The van der Waals surface area contributed by atoms with E-state index in [-0.39, 0.29) is 29.0 Å². The van der Waals surface area contributed by atoms with Crippen LogP contribution in [0.2, 0.25) is 0 Å². The van der Waals surface area contributed by atoms with E-state index in [9.17, 15) is 14.7 Å². The number of nitrogens with zero attached hydrogens (tertiary/aromatic N) is 1. The van der Waals surface area contributed by atoms with Gasteiger partial charge in [0.05, 0.1) is 18.1 Å². The highest BCUT2D eigenvalue weighted by Crippen LogP contribution is 2.38. The Kier molecular flexibility index (Phi) is 6.87. The number of thioether (sulfide) groups is 1. The quantitative estimate of drug-likeness (QED) is 0.566. The van der Waals surface area contributed by atoms with E-state index < -0.39 is 5.91 Å². The average molecular weight is 478 g/mol. The molecular formula is C21H20BrNO5S. The molecule has 29 heavy (non-hydrogen) atoms. The zero-order valence-electron chi connectivity index (χ0n) is 16.0. The van der Waals surface area contributed by atoms with E-state index in [4.69, 9.17) is 9.47 Å². The van der Waals surface area contributed by atoms with Gasteiger partial charge in [0.25, 0.3) is 11.1 Å². The maximum atomic E-state index is 12.6. The lowest BCUT2D eigenvalue weighted by Gasteiger charge is -2.13. The molecule has 0 bridgehead atoms. The third kappa shape index (κ3) is 5.13. The lowest BCUT2D eigenvalue weighted by Crippen LogP contribution is -2.32. The molecule has 1 heterocycles. The summed E-state index contributed by atoms with van der Waals surface area (Å²) in [6, 6.07) is 10.8. The summed E-state index contributed by atoms with van der Waals surface area (Å²) in [7, 11) is 0. The number of ether oxygens (including phenoxy) is 2. The van der Waals surface area contributed by atoms with Gasteiger partial charge in [-0.05, 0) is 56.0 Å². The number of hydrogen-bond acceptors (Lipinski definition) is 6. The highest BCUT2D eigenvalue weighted by Gasteiger charge is 2.35. The first-order valence-electron chi connectivity index (χ1n) is 8.99. The van der Waals surface area contributed by atoms with Gasteiger partial charge < -0.3 is 14.6 Å². The summed E-state index contributed by atoms with van der Waals surface area (Å²) in [6.07, 6.45) is 1.49. The van der Waals surface area contributed by atoms with Gasteiger partial charge in [0.2, 0.25) is 0 Å². The molecule has 1 N–H and O–H groups in total. The summed E-state index contributed by atoms with van der Waals surface area (Å²) in [5.74, 6) is 0.494. The second-order valence-corrected chi connectivity index (χ2v) is 8.18. The standard InChI is InChI=1S/C21H20BrNO5S/c1-3-27-17-12-15(22)10-14(19(17)24)11-18-20(25)23(21(26)29-18)8-9-28-16-6-4-13(2)5-7-16/h4-7,10-12,24H,3,8-9H2,1-2H3/b18-11-. The van der Waals surface area contributed by atoms with Gasteiger partial charge in [-0.25, -0.2) is 0 Å². The molecule has 2 aromatic carbocycles. The monoisotopic (exact) mass is 477 g/mol. The number of amides is 2. The minimum Gasteiger partial charge on any atom is -0.504 e. The smallest absolute Gasteiger partial charge is 0.293 e. The summed E-state index contributed by atoms with van der Waals surface area (Å²) >= 11 is 4.19. The third-order valence-corrected chi connectivity index (χ3v) is 5.50. The Morgan fingerprint density at radius 2 is 1.90 bits per heavy atom. The van der Waals surface area contributed by atoms with Gasteiger partial charge in [-0.2, -0.15) is 0 Å². The largest absolute Gasteiger partial charge is 0.504 e. The Hall–Kier alpha value is -2.45. The van der Waals surface area contributed by atoms with E-state index in [1.165, 1.54) is 6.08 Å². The topological polar surface area (TPSA) is 76.1 Å². The van der Waals surface area contributed by atoms with Crippen LogP contribution in [-0.4, -0.2) is 40.9 Å². The van der Waals surface area contributed by atoms with E-state index in [1.54, 1.807) is 12.1 Å². The van der Waals surface area contributed by atoms with Crippen LogP contribution in [0.15, 0.2) is 45.8 Å². The molecule has 0 aliphatic carbocycles. The van der Waals surface area contributed by atoms with Crippen molar-refractivity contribution >= 4 is 44.9 Å². The van der Waals surface area contributed by atoms with Crippen molar-refractivity contribution in [1.82, 2.24) is 4.90 Å². The van der Waals surface area contributed by atoms with Gasteiger partial charge >= 0.3 is 0 Å². The first-order chi connectivity index (χ1) is 13.9. The Balaban J connectivity index is 1.70. The molecule has 3 rings (SSSR count). The molecule has 0 spiro atoms. The molecule has 0 unspecified atom stereocenters. The molecule has 2 aromatic rings. The van der Waals surface area contributed by atoms with E-state index >= 15 is 0 Å². The fourth-order valence-corrected chi connectivity index (χ4v) is 4.00. The maximum Gasteiger partial charge on any atom is 0.293 e. The molecule has 0 radical (unpaired) electrons. The number of phenols is 1. The number of imide groups is 1. The minimum atomic E-state index is -0.412. The zero-order valence-corrected chi connectivity index (χ0v) is 18.4. The van der Waals surface area contributed by atoms with Crippen LogP contribution in [0.3, 0.4) is 0 Å². The summed E-state index contributed by atoms with van der Waals surface area (Å²) < 4.78 is 11.7. The SMILES string of the molecule is CCOc1cc(Br)cc(/C=C2\SC(=O)N(CCOc3ccc(C)cc3)C2=O)c1O. The molecule has 1 aliphatic heterocycles. The fourth-order valence-electron chi connectivity index (χ4n) is 2.69. The number of hydrogen-bond donors (Lipinski definition) is 1. The third-order valence-electron chi connectivity index (χ3n) is 4.13. The molecule has 2 amide bonds. The molecule has 1 aliphatic rings. The summed E-state index contributed by atoms with van der Waals surface area (Å²) in [5.41, 5.74) is 1.51. The molecule has 1 saturated heterocycles. The Morgan fingerprint density at radius 3 is 2.59 bits per heavy atom. The van der Waals surface area contributed by atoms with Gasteiger partial charge in [0.1, 0.15) is 12.4 Å². The van der Waals surface area contributed by atoms with E-state index in [0.717, 1.165) is 22.2 Å². The summed E-state index contributed by atoms with van der Waals surface area (Å²) in [4.78, 5) is 26.3. The average Bonchev–Trinajstić information content (AvgIpc) is 2.94. The number of halogens is 1. The first kappa shape index (κ1) is 21.3. The number of aryl methyl sites for hydroxylation is 1. The van der Waals surface area contributed by atoms with Gasteiger partial charge in [-0.3, -0.25) is 14.5 Å². The Bertz CT molecular complexity index is 958. The minimum absolute atomic E-state index is 0.0791. The molecule has 152 valence electrons. The van der Waals surface area contributed by atoms with Crippen molar-refractivity contribution in [1.29, 1.82) is 0 Å². The highest BCUT2D eigenvalue weighted by atomic mass is 79.9. The predicted molar refractivity (Wildman–Crippen MR) is 116 cm³/mol. The van der Waals surface area contributed by atoms with E-state index in [0.29, 0.717) is 28.1 Å². The normalized spacial score (nSPS) is 15.3. The lowest BCUT2D eigenvalue weighted by atomic mass is 10.1. The number of benzene rings is 2. The van der Waals surface area contributed by atoms with Crippen molar-refractivity contribution in [3.05, 3.63) is 56.9 Å². The Morgan fingerprint density at radius 1 is 1.17 bits per heavy atom. The van der Waals surface area contributed by atoms with Crippen LogP contribution in [0.1, 0.15) is 18.1 Å². The second-order valence-electron chi connectivity index (χ2n) is 6.27. The molecule has 0 aromatic heterocycles. The Labute approximate surface area is 181 Å². The molecule has 0 saturated carbocycles.